The predicted octanol–water partition coefficient (Wildman–Crippen LogP) is 3.40. The van der Waals surface area contributed by atoms with Crippen LogP contribution >= 0.6 is 0 Å². The zero-order chi connectivity index (χ0) is 14.3. The molecule has 104 valence electrons. The van der Waals surface area contributed by atoms with Crippen LogP contribution in [0.5, 0.6) is 0 Å². The smallest absolute Gasteiger partial charge is 0.181 e. The molecule has 0 aromatic carbocycles. The number of ketones is 1. The van der Waals surface area contributed by atoms with Crippen LogP contribution in [0.25, 0.3) is 0 Å². The van der Waals surface area contributed by atoms with Crippen LogP contribution in [-0.2, 0) is 9.53 Å². The average molecular weight is 261 g/mol. The van der Waals surface area contributed by atoms with E-state index in [0.29, 0.717) is 5.57 Å². The van der Waals surface area contributed by atoms with Crippen molar-refractivity contribution in [2.45, 2.75) is 65.6 Å². The minimum absolute atomic E-state index is 0.0687. The molecule has 2 rings (SSSR count). The number of hydrogen-bond donors (Lipinski definition) is 0. The minimum Gasteiger partial charge on any atom is -0.373 e. The number of ether oxygens (including phenoxy) is 1. The Hall–Kier alpha value is -1.14. The Bertz CT molecular complexity index is 458. The van der Waals surface area contributed by atoms with Crippen LogP contribution in [0.15, 0.2) is 11.6 Å². The number of rotatable bonds is 2. The summed E-state index contributed by atoms with van der Waals surface area (Å²) in [6, 6.07) is 2.08. The van der Waals surface area contributed by atoms with Gasteiger partial charge < -0.3 is 4.74 Å². The van der Waals surface area contributed by atoms with Gasteiger partial charge >= 0.3 is 0 Å². The van der Waals surface area contributed by atoms with Crippen molar-refractivity contribution in [3.05, 3.63) is 11.6 Å². The van der Waals surface area contributed by atoms with Gasteiger partial charge in [-0.1, -0.05) is 19.9 Å². The highest BCUT2D eigenvalue weighted by molar-refractivity contribution is 6.04. The summed E-state index contributed by atoms with van der Waals surface area (Å²) < 4.78 is 6.24. The number of fused-ring (bicyclic) bond motifs is 1. The van der Waals surface area contributed by atoms with E-state index in [1.165, 1.54) is 0 Å². The summed E-state index contributed by atoms with van der Waals surface area (Å²) in [5.41, 5.74) is -0.431. The van der Waals surface area contributed by atoms with E-state index >= 15 is 0 Å². The molecule has 3 nitrogen and oxygen atoms in total. The summed E-state index contributed by atoms with van der Waals surface area (Å²) in [6.45, 7) is 8.09. The van der Waals surface area contributed by atoms with Crippen LogP contribution < -0.4 is 0 Å². The average Bonchev–Trinajstić information content (AvgIpc) is 2.42. The Morgan fingerprint density at radius 3 is 2.68 bits per heavy atom. The molecule has 1 aliphatic carbocycles. The molecule has 19 heavy (non-hydrogen) atoms. The molecule has 3 heteroatoms. The molecule has 0 aromatic rings. The van der Waals surface area contributed by atoms with Gasteiger partial charge in [-0.3, -0.25) is 4.79 Å². The minimum atomic E-state index is -0.607. The summed E-state index contributed by atoms with van der Waals surface area (Å²) in [4.78, 5) is 12.4. The zero-order valence-corrected chi connectivity index (χ0v) is 12.3. The standard InChI is InChI=1S/C16H23NO2/c1-5-12-7-8-16(6-2)9-11(10-17)13(18)15(3,4)14(16)19-12/h9,12,14H,5-8H2,1-4H3/t12-,14-,16-/m0/s1. The highest BCUT2D eigenvalue weighted by Gasteiger charge is 2.55. The van der Waals surface area contributed by atoms with E-state index in [4.69, 9.17) is 4.74 Å². The summed E-state index contributed by atoms with van der Waals surface area (Å²) in [6.07, 6.45) is 5.96. The lowest BCUT2D eigenvalue weighted by Crippen LogP contribution is -2.56. The number of nitrogens with zero attached hydrogens (tertiary/aromatic N) is 1. The Kier molecular flexibility index (Phi) is 3.57. The van der Waals surface area contributed by atoms with E-state index in [9.17, 15) is 10.1 Å². The molecule has 2 aliphatic rings. The molecule has 0 radical (unpaired) electrons. The van der Waals surface area contributed by atoms with E-state index in [-0.39, 0.29) is 23.4 Å². The second-order valence-corrected chi connectivity index (χ2v) is 6.39. The molecule has 1 aliphatic heterocycles. The van der Waals surface area contributed by atoms with Crippen LogP contribution in [0.2, 0.25) is 0 Å². The van der Waals surface area contributed by atoms with Crippen molar-refractivity contribution >= 4 is 5.78 Å². The van der Waals surface area contributed by atoms with Gasteiger partial charge in [-0.2, -0.15) is 5.26 Å². The summed E-state index contributed by atoms with van der Waals surface area (Å²) >= 11 is 0. The fourth-order valence-electron chi connectivity index (χ4n) is 3.66. The van der Waals surface area contributed by atoms with E-state index in [2.05, 4.69) is 19.9 Å². The van der Waals surface area contributed by atoms with Crippen molar-refractivity contribution in [3.8, 4) is 6.07 Å². The largest absolute Gasteiger partial charge is 0.373 e. The van der Waals surface area contributed by atoms with E-state index in [1.54, 1.807) is 0 Å². The fraction of sp³-hybridized carbons (Fsp3) is 0.750. The first-order valence-corrected chi connectivity index (χ1v) is 7.24. The molecule has 0 spiro atoms. The number of nitriles is 1. The summed E-state index contributed by atoms with van der Waals surface area (Å²) in [5, 5.41) is 9.21. The number of allylic oxidation sites excluding steroid dienone is 1. The maximum absolute atomic E-state index is 12.4. The van der Waals surface area contributed by atoms with Crippen molar-refractivity contribution in [2.75, 3.05) is 0 Å². The van der Waals surface area contributed by atoms with Crippen molar-refractivity contribution in [1.82, 2.24) is 0 Å². The van der Waals surface area contributed by atoms with Crippen molar-refractivity contribution in [1.29, 1.82) is 5.26 Å². The number of Topliss-reactive ketones (excluding diaryl/α,β-unsaturated/α-hetero) is 1. The Balaban J connectivity index is 2.50. The van der Waals surface area contributed by atoms with E-state index < -0.39 is 5.41 Å². The molecule has 1 saturated heterocycles. The second kappa shape index (κ2) is 4.76. The number of carbonyl (C=O) groups excluding carboxylic acids is 1. The van der Waals surface area contributed by atoms with Gasteiger partial charge in [0.2, 0.25) is 0 Å². The van der Waals surface area contributed by atoms with E-state index in [1.807, 2.05) is 19.9 Å². The van der Waals surface area contributed by atoms with Gasteiger partial charge in [-0.05, 0) is 39.5 Å². The van der Waals surface area contributed by atoms with Gasteiger partial charge in [0.15, 0.2) is 5.78 Å². The Morgan fingerprint density at radius 2 is 2.16 bits per heavy atom. The quantitative estimate of drug-likeness (QED) is 0.765. The molecule has 1 heterocycles. The lowest BCUT2D eigenvalue weighted by Gasteiger charge is -2.53. The van der Waals surface area contributed by atoms with Gasteiger partial charge in [0.1, 0.15) is 6.07 Å². The topological polar surface area (TPSA) is 50.1 Å². The van der Waals surface area contributed by atoms with Crippen LogP contribution in [0.4, 0.5) is 0 Å². The third-order valence-corrected chi connectivity index (χ3v) is 4.93. The van der Waals surface area contributed by atoms with Crippen LogP contribution in [0.1, 0.15) is 53.4 Å². The Morgan fingerprint density at radius 1 is 1.47 bits per heavy atom. The molecule has 0 N–H and O–H groups in total. The first-order valence-electron chi connectivity index (χ1n) is 7.24. The molecular weight excluding hydrogens is 238 g/mol. The van der Waals surface area contributed by atoms with Gasteiger partial charge in [0.25, 0.3) is 0 Å². The predicted molar refractivity (Wildman–Crippen MR) is 73.4 cm³/mol. The molecule has 0 aromatic heterocycles. The van der Waals surface area contributed by atoms with Gasteiger partial charge in [-0.15, -0.1) is 0 Å². The highest BCUT2D eigenvalue weighted by atomic mass is 16.5. The molecule has 0 bridgehead atoms. The van der Waals surface area contributed by atoms with Crippen molar-refractivity contribution < 1.29 is 9.53 Å². The van der Waals surface area contributed by atoms with Crippen molar-refractivity contribution in [2.24, 2.45) is 10.8 Å². The van der Waals surface area contributed by atoms with Crippen molar-refractivity contribution in [3.63, 3.8) is 0 Å². The lowest BCUT2D eigenvalue weighted by molar-refractivity contribution is -0.175. The van der Waals surface area contributed by atoms with Crippen LogP contribution in [-0.4, -0.2) is 18.0 Å². The normalized spacial score (nSPS) is 37.2. The SMILES string of the molecule is CC[C@H]1CC[C@@]2(CC)C=C(C#N)C(=O)C(C)(C)[C@@H]2O1. The second-order valence-electron chi connectivity index (χ2n) is 6.39. The molecule has 0 unspecified atom stereocenters. The zero-order valence-electron chi connectivity index (χ0n) is 12.3. The van der Waals surface area contributed by atoms with Gasteiger partial charge in [0.05, 0.1) is 23.2 Å². The molecular formula is C16H23NO2. The first kappa shape index (κ1) is 14.3. The van der Waals surface area contributed by atoms with Gasteiger partial charge in [-0.25, -0.2) is 0 Å². The first-order chi connectivity index (χ1) is 8.91. The fourth-order valence-corrected chi connectivity index (χ4v) is 3.66. The number of hydrogen-bond acceptors (Lipinski definition) is 3. The highest BCUT2D eigenvalue weighted by Crippen LogP contribution is 2.52. The van der Waals surface area contributed by atoms with E-state index in [0.717, 1.165) is 25.7 Å². The Labute approximate surface area is 115 Å². The third kappa shape index (κ3) is 2.03. The van der Waals surface area contributed by atoms with Gasteiger partial charge in [0, 0.05) is 5.41 Å². The monoisotopic (exact) mass is 261 g/mol. The molecule has 1 fully saturated rings. The molecule has 0 saturated carbocycles. The molecule has 3 atom stereocenters. The maximum atomic E-state index is 12.4. The van der Waals surface area contributed by atoms with Crippen LogP contribution in [0.3, 0.4) is 0 Å². The third-order valence-electron chi connectivity index (χ3n) is 4.93. The summed E-state index contributed by atoms with van der Waals surface area (Å²) in [7, 11) is 0. The van der Waals surface area contributed by atoms with Crippen LogP contribution in [0, 0.1) is 22.2 Å². The lowest BCUT2D eigenvalue weighted by atomic mass is 9.58. The maximum Gasteiger partial charge on any atom is 0.181 e. The summed E-state index contributed by atoms with van der Waals surface area (Å²) in [5.74, 6) is -0.0687. The number of carbonyl (C=O) groups is 1. The molecule has 0 amide bonds.